The van der Waals surface area contributed by atoms with Gasteiger partial charge >= 0.3 is 6.01 Å². The molecule has 3 N–H and O–H groups in total. The van der Waals surface area contributed by atoms with Crippen LogP contribution in [0.5, 0.6) is 6.01 Å². The summed E-state index contributed by atoms with van der Waals surface area (Å²) >= 11 is 0. The number of nitrogen functional groups attached to an aromatic ring is 1. The number of carbonyl (C=O) groups is 1. The minimum Gasteiger partial charge on any atom is -0.461 e. The maximum Gasteiger partial charge on any atom is 0.319 e. The summed E-state index contributed by atoms with van der Waals surface area (Å²) in [5, 5.41) is 4.26. The van der Waals surface area contributed by atoms with Gasteiger partial charge in [-0.25, -0.2) is 13.2 Å². The number of ketones is 1. The van der Waals surface area contributed by atoms with Crippen LogP contribution in [-0.2, 0) is 4.79 Å². The first-order valence-electron chi connectivity index (χ1n) is 15.0. The normalized spacial score (nSPS) is 24.1. The molecule has 2 unspecified atom stereocenters. The van der Waals surface area contributed by atoms with E-state index in [1.165, 1.54) is 24.3 Å². The number of rotatable bonds is 5. The van der Waals surface area contributed by atoms with E-state index in [-0.39, 0.29) is 63.6 Å². The first-order valence-corrected chi connectivity index (χ1v) is 15.0. The van der Waals surface area contributed by atoms with Crippen molar-refractivity contribution in [1.29, 1.82) is 0 Å². The Morgan fingerprint density at radius 3 is 2.69 bits per heavy atom. The van der Waals surface area contributed by atoms with Crippen molar-refractivity contribution in [3.63, 3.8) is 0 Å². The van der Waals surface area contributed by atoms with Crippen molar-refractivity contribution in [1.82, 2.24) is 20.2 Å². The van der Waals surface area contributed by atoms with E-state index in [0.29, 0.717) is 37.3 Å². The molecule has 0 radical (unpaired) electrons. The quantitative estimate of drug-likeness (QED) is 0.196. The Labute approximate surface area is 257 Å². The third-order valence-corrected chi connectivity index (χ3v) is 9.59. The molecule has 0 amide bonds. The Morgan fingerprint density at radius 2 is 1.91 bits per heavy atom. The molecule has 3 aromatic carbocycles. The van der Waals surface area contributed by atoms with Crippen LogP contribution in [0.1, 0.15) is 24.8 Å². The number of ether oxygens (including phenoxy) is 1. The zero-order valence-corrected chi connectivity index (χ0v) is 24.2. The third kappa shape index (κ3) is 4.42. The smallest absolute Gasteiger partial charge is 0.319 e. The van der Waals surface area contributed by atoms with Crippen LogP contribution >= 0.6 is 0 Å². The van der Waals surface area contributed by atoms with Gasteiger partial charge in [-0.3, -0.25) is 9.69 Å². The van der Waals surface area contributed by atoms with Gasteiger partial charge in [-0.15, -0.1) is 6.42 Å². The average molecular weight is 611 g/mol. The van der Waals surface area contributed by atoms with Gasteiger partial charge in [0, 0.05) is 48.1 Å². The fourth-order valence-corrected chi connectivity index (χ4v) is 7.61. The van der Waals surface area contributed by atoms with E-state index in [1.807, 2.05) is 4.90 Å². The molecule has 0 spiro atoms. The predicted octanol–water partition coefficient (Wildman–Crippen LogP) is 4.33. The number of nitrogens with zero attached hydrogens (tertiary/aromatic N) is 4. The minimum absolute atomic E-state index is 0.0198. The molecule has 4 aliphatic rings. The number of aromatic nitrogens is 2. The molecule has 3 saturated heterocycles. The minimum atomic E-state index is -0.967. The molecular weight excluding hydrogens is 581 g/mol. The summed E-state index contributed by atoms with van der Waals surface area (Å²) < 4.78 is 54.1. The van der Waals surface area contributed by atoms with Crippen LogP contribution in [0.3, 0.4) is 0 Å². The Morgan fingerprint density at radius 1 is 1.11 bits per heavy atom. The number of piperazine rings is 1. The summed E-state index contributed by atoms with van der Waals surface area (Å²) in [5.74, 6) is 0.286. The molecule has 11 heteroatoms. The molecule has 228 valence electrons. The zero-order chi connectivity index (χ0) is 31.0. The van der Waals surface area contributed by atoms with E-state index >= 15 is 8.78 Å². The van der Waals surface area contributed by atoms with E-state index in [2.05, 4.69) is 33.3 Å². The molecule has 3 atom stereocenters. The van der Waals surface area contributed by atoms with Gasteiger partial charge in [-0.1, -0.05) is 24.1 Å². The maximum atomic E-state index is 16.8. The molecule has 45 heavy (non-hydrogen) atoms. The molecule has 8 rings (SSSR count). The molecule has 4 aliphatic heterocycles. The molecule has 1 aromatic heterocycles. The van der Waals surface area contributed by atoms with E-state index in [9.17, 15) is 9.18 Å². The number of halogens is 3. The van der Waals surface area contributed by atoms with Crippen LogP contribution in [0, 0.1) is 29.8 Å². The van der Waals surface area contributed by atoms with Crippen LogP contribution in [0.25, 0.3) is 32.8 Å². The number of anilines is 2. The fraction of sp³-hybridized carbons (Fsp3) is 0.324. The summed E-state index contributed by atoms with van der Waals surface area (Å²) in [5.41, 5.74) is 5.25. The van der Waals surface area contributed by atoms with Gasteiger partial charge in [0.05, 0.1) is 23.2 Å². The van der Waals surface area contributed by atoms with Crippen molar-refractivity contribution in [2.75, 3.05) is 43.4 Å². The highest BCUT2D eigenvalue weighted by Gasteiger charge is 2.49. The summed E-state index contributed by atoms with van der Waals surface area (Å²) in [4.78, 5) is 25.6. The number of carbonyl (C=O) groups excluding carboxylic acids is 1. The standard InChI is InChI=1S/C34H29F3N6O2/c1-2-23-26(35)7-4-18-10-19(38)11-24(28(18)23)29-27(36)12-25-31(30(29)37)40-33(41-32(25)42-14-20-5-6-21(15-42)39-20)45-17-34-8-3-9-43(34)16-22(44)13-34/h1,4-7,10-12,20-21,39H,3,8-9,13-17,38H2/t20?,21?,34-/m0/s1. The lowest BCUT2D eigenvalue weighted by molar-refractivity contribution is -0.117. The summed E-state index contributed by atoms with van der Waals surface area (Å²) in [7, 11) is 0. The van der Waals surface area contributed by atoms with Gasteiger partial charge in [0.2, 0.25) is 0 Å². The third-order valence-electron chi connectivity index (χ3n) is 9.59. The van der Waals surface area contributed by atoms with Gasteiger partial charge in [-0.05, 0) is 54.6 Å². The van der Waals surface area contributed by atoms with Crippen LogP contribution in [-0.4, -0.2) is 71.1 Å². The number of nitrogens with two attached hydrogens (primary N) is 1. The van der Waals surface area contributed by atoms with Crippen LogP contribution in [0.15, 0.2) is 42.5 Å². The monoisotopic (exact) mass is 610 g/mol. The van der Waals surface area contributed by atoms with Crippen molar-refractivity contribution in [3.05, 3.63) is 65.5 Å². The summed E-state index contributed by atoms with van der Waals surface area (Å²) in [6.07, 6.45) is 11.9. The second-order valence-corrected chi connectivity index (χ2v) is 12.4. The maximum absolute atomic E-state index is 16.8. The van der Waals surface area contributed by atoms with Gasteiger partial charge in [0.15, 0.2) is 5.82 Å². The molecule has 2 bridgehead atoms. The Bertz CT molecular complexity index is 1990. The van der Waals surface area contributed by atoms with E-state index < -0.39 is 28.6 Å². The average Bonchev–Trinajstić information content (AvgIpc) is 3.66. The SMILES string of the molecule is C#Cc1c(F)ccc2cc(N)cc(-c3c(F)cc4c(N5CC6C=CC(C5)N6)nc(OC[C@@]56CCCN5CC(=O)C6)nc4c3F)c12. The number of fused-ring (bicyclic) bond motifs is 5. The van der Waals surface area contributed by atoms with Crippen LogP contribution in [0.4, 0.5) is 24.7 Å². The highest BCUT2D eigenvalue weighted by molar-refractivity contribution is 6.05. The molecule has 0 saturated carbocycles. The molecule has 8 nitrogen and oxygen atoms in total. The van der Waals surface area contributed by atoms with Crippen molar-refractivity contribution >= 4 is 39.0 Å². The molecule has 5 heterocycles. The van der Waals surface area contributed by atoms with E-state index in [4.69, 9.17) is 21.9 Å². The first-order chi connectivity index (χ1) is 21.7. The molecule has 4 aromatic rings. The van der Waals surface area contributed by atoms with E-state index in [1.54, 1.807) is 6.07 Å². The van der Waals surface area contributed by atoms with Crippen molar-refractivity contribution in [3.8, 4) is 29.5 Å². The fourth-order valence-electron chi connectivity index (χ4n) is 7.61. The number of terminal acetylenes is 1. The Balaban J connectivity index is 1.31. The summed E-state index contributed by atoms with van der Waals surface area (Å²) in [6.45, 7) is 2.41. The van der Waals surface area contributed by atoms with Gasteiger partial charge in [0.25, 0.3) is 0 Å². The molecular formula is C34H29F3N6O2. The lowest BCUT2D eigenvalue weighted by Gasteiger charge is -2.35. The van der Waals surface area contributed by atoms with Crippen LogP contribution in [0.2, 0.25) is 0 Å². The van der Waals surface area contributed by atoms with E-state index in [0.717, 1.165) is 19.4 Å². The highest BCUT2D eigenvalue weighted by atomic mass is 19.1. The number of nitrogens with one attached hydrogen (secondary N) is 1. The van der Waals surface area contributed by atoms with Gasteiger partial charge in [-0.2, -0.15) is 9.97 Å². The Kier molecular flexibility index (Phi) is 6.31. The van der Waals surface area contributed by atoms with Gasteiger partial charge in [0.1, 0.15) is 35.4 Å². The predicted molar refractivity (Wildman–Crippen MR) is 165 cm³/mol. The lowest BCUT2D eigenvalue weighted by atomic mass is 9.92. The van der Waals surface area contributed by atoms with Crippen molar-refractivity contribution in [2.24, 2.45) is 0 Å². The lowest BCUT2D eigenvalue weighted by Crippen LogP contribution is -2.52. The summed E-state index contributed by atoms with van der Waals surface area (Å²) in [6, 6.07) is 6.89. The topological polar surface area (TPSA) is 96.6 Å². The number of Topliss-reactive ketones (excluding diaryl/α,β-unsaturated/α-hetero) is 1. The van der Waals surface area contributed by atoms with Crippen molar-refractivity contribution < 1.29 is 22.7 Å². The number of hydrogen-bond donors (Lipinski definition) is 2. The number of hydrogen-bond acceptors (Lipinski definition) is 8. The zero-order valence-electron chi connectivity index (χ0n) is 24.2. The first kappa shape index (κ1) is 27.9. The molecule has 0 aliphatic carbocycles. The van der Waals surface area contributed by atoms with Crippen LogP contribution < -0.4 is 20.7 Å². The molecule has 3 fully saturated rings. The largest absolute Gasteiger partial charge is 0.461 e. The highest BCUT2D eigenvalue weighted by Crippen LogP contribution is 2.42. The van der Waals surface area contributed by atoms with Crippen molar-refractivity contribution in [2.45, 2.75) is 36.9 Å². The Hall–Kier alpha value is -4.66. The van der Waals surface area contributed by atoms with Gasteiger partial charge < -0.3 is 20.7 Å². The second kappa shape index (κ2) is 10.2. The second-order valence-electron chi connectivity index (χ2n) is 12.4. The number of benzene rings is 3.